The van der Waals surface area contributed by atoms with Crippen molar-refractivity contribution < 1.29 is 14.3 Å². The fourth-order valence-electron chi connectivity index (χ4n) is 3.01. The van der Waals surface area contributed by atoms with Gasteiger partial charge in [0.25, 0.3) is 11.8 Å². The van der Waals surface area contributed by atoms with Gasteiger partial charge in [-0.05, 0) is 68.9 Å². The summed E-state index contributed by atoms with van der Waals surface area (Å²) in [7, 11) is 0. The van der Waals surface area contributed by atoms with Crippen LogP contribution < -0.4 is 15.0 Å². The first-order chi connectivity index (χ1) is 13.3. The van der Waals surface area contributed by atoms with Crippen molar-refractivity contribution in [1.29, 1.82) is 0 Å². The Morgan fingerprint density at radius 2 is 1.93 bits per heavy atom. The van der Waals surface area contributed by atoms with Crippen LogP contribution in [0.4, 0.5) is 5.69 Å². The Morgan fingerprint density at radius 3 is 2.61 bits per heavy atom. The molecule has 0 aromatic heterocycles. The number of hydrogen-bond donors (Lipinski definition) is 1. The highest BCUT2D eigenvalue weighted by Crippen LogP contribution is 2.29. The summed E-state index contributed by atoms with van der Waals surface area (Å²) in [4.78, 5) is 27.1. The third-order valence-electron chi connectivity index (χ3n) is 4.27. The van der Waals surface area contributed by atoms with E-state index in [1.807, 2.05) is 45.0 Å². The highest BCUT2D eigenvalue weighted by Gasteiger charge is 2.35. The van der Waals surface area contributed by atoms with Crippen LogP contribution in [0.5, 0.6) is 5.75 Å². The smallest absolute Gasteiger partial charge is 0.270 e. The Labute approximate surface area is 177 Å². The largest absolute Gasteiger partial charge is 0.493 e. The van der Waals surface area contributed by atoms with E-state index in [2.05, 4.69) is 21.2 Å². The summed E-state index contributed by atoms with van der Waals surface area (Å²) < 4.78 is 6.43. The monoisotopic (exact) mass is 458 g/mol. The third kappa shape index (κ3) is 4.00. The third-order valence-corrected chi connectivity index (χ3v) is 5.04. The molecule has 1 N–H and O–H groups in total. The number of aryl methyl sites for hydroxylation is 2. The van der Waals surface area contributed by atoms with Gasteiger partial charge in [-0.25, -0.2) is 0 Å². The molecule has 1 heterocycles. The second-order valence-corrected chi connectivity index (χ2v) is 7.67. The van der Waals surface area contributed by atoms with E-state index in [1.54, 1.807) is 12.1 Å². The highest BCUT2D eigenvalue weighted by atomic mass is 79.9. The molecule has 0 bridgehead atoms. The topological polar surface area (TPSA) is 58.6 Å². The van der Waals surface area contributed by atoms with E-state index >= 15 is 0 Å². The fourth-order valence-corrected chi connectivity index (χ4v) is 3.66. The van der Waals surface area contributed by atoms with E-state index in [0.717, 1.165) is 15.6 Å². The molecule has 1 aliphatic heterocycles. The van der Waals surface area contributed by atoms with Gasteiger partial charge in [0.15, 0.2) is 5.11 Å². The second kappa shape index (κ2) is 8.24. The first-order valence-corrected chi connectivity index (χ1v) is 9.93. The molecule has 0 spiro atoms. The Balaban J connectivity index is 2.08. The average molecular weight is 459 g/mol. The zero-order chi connectivity index (χ0) is 20.4. The van der Waals surface area contributed by atoms with Gasteiger partial charge in [0, 0.05) is 10.0 Å². The van der Waals surface area contributed by atoms with Gasteiger partial charge >= 0.3 is 0 Å². The molecule has 1 fully saturated rings. The van der Waals surface area contributed by atoms with Crippen LogP contribution in [0.2, 0.25) is 0 Å². The first kappa shape index (κ1) is 20.2. The number of ether oxygens (including phenoxy) is 1. The molecule has 7 heteroatoms. The highest BCUT2D eigenvalue weighted by molar-refractivity contribution is 9.10. The standard InChI is InChI=1S/C21H19BrN2O3S/c1-4-27-18-8-6-15(22)10-14(18)11-16-19(25)23-21(28)24(20(16)26)17-7-5-12(2)9-13(17)3/h5-11H,4H2,1-3H3,(H,23,25,28). The predicted octanol–water partition coefficient (Wildman–Crippen LogP) is 4.30. The normalized spacial score (nSPS) is 15.8. The van der Waals surface area contributed by atoms with Crippen LogP contribution in [-0.2, 0) is 9.59 Å². The number of nitrogens with zero attached hydrogens (tertiary/aromatic N) is 1. The number of hydrogen-bond acceptors (Lipinski definition) is 4. The van der Waals surface area contributed by atoms with Crippen LogP contribution in [0.3, 0.4) is 0 Å². The summed E-state index contributed by atoms with van der Waals surface area (Å²) in [5.41, 5.74) is 3.23. The van der Waals surface area contributed by atoms with Crippen molar-refractivity contribution in [2.75, 3.05) is 11.5 Å². The molecule has 1 saturated heterocycles. The molecule has 5 nitrogen and oxygen atoms in total. The maximum atomic E-state index is 13.2. The number of thiocarbonyl (C=S) groups is 1. The first-order valence-electron chi connectivity index (χ1n) is 8.73. The van der Waals surface area contributed by atoms with Gasteiger partial charge in [0.05, 0.1) is 12.3 Å². The van der Waals surface area contributed by atoms with Gasteiger partial charge in [-0.15, -0.1) is 0 Å². The van der Waals surface area contributed by atoms with Crippen molar-refractivity contribution in [2.45, 2.75) is 20.8 Å². The van der Waals surface area contributed by atoms with E-state index in [-0.39, 0.29) is 10.7 Å². The Morgan fingerprint density at radius 1 is 1.18 bits per heavy atom. The van der Waals surface area contributed by atoms with Crippen LogP contribution in [-0.4, -0.2) is 23.5 Å². The SMILES string of the molecule is CCOc1ccc(Br)cc1C=C1C(=O)NC(=S)N(c2ccc(C)cc2C)C1=O. The Kier molecular flexibility index (Phi) is 5.96. The number of carbonyl (C=O) groups is 2. The van der Waals surface area contributed by atoms with Crippen LogP contribution in [0.1, 0.15) is 23.6 Å². The Bertz CT molecular complexity index is 1020. The molecule has 0 aliphatic carbocycles. The molecule has 0 radical (unpaired) electrons. The lowest BCUT2D eigenvalue weighted by Crippen LogP contribution is -2.54. The Hall–Kier alpha value is -2.51. The van der Waals surface area contributed by atoms with Gasteiger partial charge in [-0.1, -0.05) is 33.6 Å². The number of benzene rings is 2. The minimum atomic E-state index is -0.529. The predicted molar refractivity (Wildman–Crippen MR) is 117 cm³/mol. The minimum absolute atomic E-state index is 0.00683. The van der Waals surface area contributed by atoms with Gasteiger partial charge in [0.2, 0.25) is 0 Å². The zero-order valence-electron chi connectivity index (χ0n) is 15.7. The van der Waals surface area contributed by atoms with Gasteiger partial charge in [0.1, 0.15) is 11.3 Å². The zero-order valence-corrected chi connectivity index (χ0v) is 18.1. The number of nitrogens with one attached hydrogen (secondary N) is 1. The summed E-state index contributed by atoms with van der Waals surface area (Å²) >= 11 is 8.69. The molecular formula is C21H19BrN2O3S. The molecule has 0 saturated carbocycles. The van der Waals surface area contributed by atoms with Crippen LogP contribution in [0.15, 0.2) is 46.4 Å². The summed E-state index contributed by atoms with van der Waals surface area (Å²) in [6, 6.07) is 11.1. The van der Waals surface area contributed by atoms with Gasteiger partial charge < -0.3 is 4.74 Å². The van der Waals surface area contributed by atoms with Crippen molar-refractivity contribution in [3.63, 3.8) is 0 Å². The molecular weight excluding hydrogens is 440 g/mol. The number of carbonyl (C=O) groups excluding carboxylic acids is 2. The molecule has 144 valence electrons. The molecule has 3 rings (SSSR count). The van der Waals surface area contributed by atoms with E-state index in [4.69, 9.17) is 17.0 Å². The van der Waals surface area contributed by atoms with E-state index in [9.17, 15) is 9.59 Å². The number of anilines is 1. The van der Waals surface area contributed by atoms with E-state index in [1.165, 1.54) is 11.0 Å². The van der Waals surface area contributed by atoms with Crippen molar-refractivity contribution in [3.05, 3.63) is 63.1 Å². The summed E-state index contributed by atoms with van der Waals surface area (Å²) in [6.45, 7) is 6.22. The minimum Gasteiger partial charge on any atom is -0.493 e. The molecule has 28 heavy (non-hydrogen) atoms. The van der Waals surface area contributed by atoms with Crippen molar-refractivity contribution >= 4 is 56.8 Å². The molecule has 2 aromatic rings. The number of amides is 2. The number of rotatable bonds is 4. The van der Waals surface area contributed by atoms with Crippen molar-refractivity contribution in [2.24, 2.45) is 0 Å². The van der Waals surface area contributed by atoms with Crippen LogP contribution >= 0.6 is 28.1 Å². The lowest BCUT2D eigenvalue weighted by Gasteiger charge is -2.30. The fraction of sp³-hybridized carbons (Fsp3) is 0.190. The summed E-state index contributed by atoms with van der Waals surface area (Å²) in [5.74, 6) is -0.411. The van der Waals surface area contributed by atoms with Crippen molar-refractivity contribution in [1.82, 2.24) is 5.32 Å². The number of halogens is 1. The lowest BCUT2D eigenvalue weighted by atomic mass is 10.0. The molecule has 2 amide bonds. The lowest BCUT2D eigenvalue weighted by molar-refractivity contribution is -0.122. The van der Waals surface area contributed by atoms with E-state index < -0.39 is 11.8 Å². The summed E-state index contributed by atoms with van der Waals surface area (Å²) in [5, 5.41) is 2.68. The van der Waals surface area contributed by atoms with Crippen LogP contribution in [0, 0.1) is 13.8 Å². The van der Waals surface area contributed by atoms with Gasteiger partial charge in [-0.3, -0.25) is 19.8 Å². The molecule has 0 unspecified atom stereocenters. The maximum Gasteiger partial charge on any atom is 0.270 e. The second-order valence-electron chi connectivity index (χ2n) is 6.36. The molecule has 2 aromatic carbocycles. The summed E-state index contributed by atoms with van der Waals surface area (Å²) in [6.07, 6.45) is 1.53. The van der Waals surface area contributed by atoms with Gasteiger partial charge in [-0.2, -0.15) is 0 Å². The molecule has 0 atom stereocenters. The van der Waals surface area contributed by atoms with E-state index in [0.29, 0.717) is 23.6 Å². The molecule has 1 aliphatic rings. The average Bonchev–Trinajstić information content (AvgIpc) is 2.62. The maximum absolute atomic E-state index is 13.2. The quantitative estimate of drug-likeness (QED) is 0.421. The van der Waals surface area contributed by atoms with Crippen molar-refractivity contribution in [3.8, 4) is 5.75 Å². The van der Waals surface area contributed by atoms with Crippen LogP contribution in [0.25, 0.3) is 6.08 Å².